The van der Waals surface area contributed by atoms with E-state index in [1.54, 1.807) is 47.4 Å². The molecule has 4 rings (SSSR count). The zero-order chi connectivity index (χ0) is 25.7. The molecular weight excluding hydrogens is 478 g/mol. The smallest absolute Gasteiger partial charge is 0.263 e. The fourth-order valence-electron chi connectivity index (χ4n) is 3.93. The third kappa shape index (κ3) is 5.75. The first kappa shape index (κ1) is 25.4. The maximum Gasteiger partial charge on any atom is 0.263 e. The Labute approximate surface area is 211 Å². The van der Waals surface area contributed by atoms with Crippen LogP contribution in [0, 0.1) is 0 Å². The molecule has 3 aromatic carbocycles. The van der Waals surface area contributed by atoms with Gasteiger partial charge in [-0.3, -0.25) is 9.59 Å². The van der Waals surface area contributed by atoms with Crippen LogP contribution in [0.5, 0.6) is 5.75 Å². The van der Waals surface area contributed by atoms with Crippen LogP contribution in [0.3, 0.4) is 0 Å². The number of hydrogen-bond acceptors (Lipinski definition) is 5. The molecule has 0 bridgehead atoms. The number of aryl methyl sites for hydroxylation is 1. The number of para-hydroxylation sites is 2. The highest BCUT2D eigenvalue weighted by atomic mass is 32.2. The fourth-order valence-corrected chi connectivity index (χ4v) is 4.83. The highest BCUT2D eigenvalue weighted by Crippen LogP contribution is 2.33. The topological polar surface area (TPSA) is 96.0 Å². The number of nitrogens with one attached hydrogen (secondary N) is 1. The van der Waals surface area contributed by atoms with Gasteiger partial charge in [-0.2, -0.15) is 0 Å². The van der Waals surface area contributed by atoms with Gasteiger partial charge in [0, 0.05) is 27.1 Å². The number of rotatable bonds is 8. The lowest BCUT2D eigenvalue weighted by Gasteiger charge is -2.34. The molecular formula is C27H29N3O5S. The monoisotopic (exact) mass is 507 g/mol. The van der Waals surface area contributed by atoms with E-state index >= 15 is 0 Å². The Bertz CT molecular complexity index is 1330. The van der Waals surface area contributed by atoms with Gasteiger partial charge in [0.2, 0.25) is 15.9 Å². The number of anilines is 1. The van der Waals surface area contributed by atoms with Gasteiger partial charge in [0.15, 0.2) is 6.10 Å². The number of carbonyl (C=O) groups excluding carboxylic acids is 2. The van der Waals surface area contributed by atoms with Crippen molar-refractivity contribution in [3.63, 3.8) is 0 Å². The second-order valence-corrected chi connectivity index (χ2v) is 10.9. The molecule has 0 saturated carbocycles. The van der Waals surface area contributed by atoms with Crippen LogP contribution in [0.25, 0.3) is 0 Å². The van der Waals surface area contributed by atoms with Gasteiger partial charge in [-0.25, -0.2) is 12.7 Å². The highest BCUT2D eigenvalue weighted by Gasteiger charge is 2.33. The van der Waals surface area contributed by atoms with Crippen molar-refractivity contribution >= 4 is 27.5 Å². The fraction of sp³-hybridized carbons (Fsp3) is 0.259. The number of nitrogens with zero attached hydrogens (tertiary/aromatic N) is 2. The summed E-state index contributed by atoms with van der Waals surface area (Å²) in [6, 6.07) is 23.3. The van der Waals surface area contributed by atoms with E-state index < -0.39 is 16.1 Å². The largest absolute Gasteiger partial charge is 0.477 e. The van der Waals surface area contributed by atoms with Crippen LogP contribution in [-0.2, 0) is 32.6 Å². The molecule has 0 fully saturated rings. The molecule has 9 heteroatoms. The third-order valence-electron chi connectivity index (χ3n) is 6.01. The number of ether oxygens (including phenoxy) is 1. The Kier molecular flexibility index (Phi) is 7.71. The van der Waals surface area contributed by atoms with Gasteiger partial charge >= 0.3 is 0 Å². The van der Waals surface area contributed by atoms with Crippen LogP contribution in [0.2, 0.25) is 0 Å². The lowest BCUT2D eigenvalue weighted by atomic mass is 10.1. The Morgan fingerprint density at radius 1 is 0.944 bits per heavy atom. The molecule has 0 aromatic heterocycles. The SMILES string of the molecule is CN(C)S(=O)(=O)c1ccc(CCC(=O)N2C[C@@H](C(=O)NCc3ccccc3)Oc3ccccc32)cc1. The van der Waals surface area contributed by atoms with E-state index in [1.165, 1.54) is 14.1 Å². The molecule has 36 heavy (non-hydrogen) atoms. The first-order valence-electron chi connectivity index (χ1n) is 11.6. The van der Waals surface area contributed by atoms with Crippen LogP contribution in [0.4, 0.5) is 5.69 Å². The average Bonchev–Trinajstić information content (AvgIpc) is 2.90. The van der Waals surface area contributed by atoms with Crippen molar-refractivity contribution in [1.29, 1.82) is 0 Å². The zero-order valence-corrected chi connectivity index (χ0v) is 21.1. The van der Waals surface area contributed by atoms with Crippen molar-refractivity contribution in [2.75, 3.05) is 25.5 Å². The van der Waals surface area contributed by atoms with E-state index in [1.807, 2.05) is 36.4 Å². The number of amides is 2. The first-order chi connectivity index (χ1) is 17.3. The van der Waals surface area contributed by atoms with Gasteiger partial charge in [0.1, 0.15) is 5.75 Å². The molecule has 1 aliphatic heterocycles. The Morgan fingerprint density at radius 2 is 1.61 bits per heavy atom. The van der Waals surface area contributed by atoms with Crippen LogP contribution in [-0.4, -0.2) is 51.3 Å². The molecule has 188 valence electrons. The second-order valence-electron chi connectivity index (χ2n) is 8.71. The molecule has 0 saturated heterocycles. The average molecular weight is 508 g/mol. The minimum absolute atomic E-state index is 0.108. The van der Waals surface area contributed by atoms with E-state index in [2.05, 4.69) is 5.32 Å². The van der Waals surface area contributed by atoms with Crippen molar-refractivity contribution in [2.24, 2.45) is 0 Å². The minimum Gasteiger partial charge on any atom is -0.477 e. The molecule has 0 aliphatic carbocycles. The Hall–Kier alpha value is -3.69. The minimum atomic E-state index is -3.51. The standard InChI is InChI=1S/C27H29N3O5S/c1-29(2)36(33,34)22-15-12-20(13-16-22)14-17-26(31)30-19-25(35-24-11-7-6-10-23(24)30)27(32)28-18-21-8-4-3-5-9-21/h3-13,15-16,25H,14,17-19H2,1-2H3,(H,28,32)/t25-/m0/s1. The summed E-state index contributed by atoms with van der Waals surface area (Å²) < 4.78 is 31.6. The molecule has 0 unspecified atom stereocenters. The molecule has 2 amide bonds. The van der Waals surface area contributed by atoms with E-state index in [0.717, 1.165) is 15.4 Å². The van der Waals surface area contributed by atoms with Crippen molar-refractivity contribution in [3.05, 3.63) is 90.0 Å². The van der Waals surface area contributed by atoms with Gasteiger partial charge in [0.05, 0.1) is 17.1 Å². The van der Waals surface area contributed by atoms with E-state index in [-0.39, 0.29) is 29.7 Å². The molecule has 1 aliphatic rings. The third-order valence-corrected chi connectivity index (χ3v) is 7.84. The predicted octanol–water partition coefficient (Wildman–Crippen LogP) is 2.98. The van der Waals surface area contributed by atoms with E-state index in [4.69, 9.17) is 4.74 Å². The summed E-state index contributed by atoms with van der Waals surface area (Å²) in [5.74, 6) is 0.0515. The maximum atomic E-state index is 13.2. The van der Waals surface area contributed by atoms with Crippen molar-refractivity contribution in [1.82, 2.24) is 9.62 Å². The quantitative estimate of drug-likeness (QED) is 0.506. The Balaban J connectivity index is 1.42. The van der Waals surface area contributed by atoms with Crippen LogP contribution in [0.15, 0.2) is 83.8 Å². The number of benzene rings is 3. The Morgan fingerprint density at radius 3 is 2.31 bits per heavy atom. The van der Waals surface area contributed by atoms with Crippen molar-refractivity contribution < 1.29 is 22.7 Å². The highest BCUT2D eigenvalue weighted by molar-refractivity contribution is 7.89. The van der Waals surface area contributed by atoms with Gasteiger partial charge < -0.3 is 15.0 Å². The lowest BCUT2D eigenvalue weighted by molar-refractivity contribution is -0.128. The van der Waals surface area contributed by atoms with Gasteiger partial charge in [0.25, 0.3) is 5.91 Å². The summed E-state index contributed by atoms with van der Waals surface area (Å²) in [6.07, 6.45) is -0.194. The molecule has 3 aromatic rings. The van der Waals surface area contributed by atoms with Gasteiger partial charge in [-0.05, 0) is 41.8 Å². The first-order valence-corrected chi connectivity index (χ1v) is 13.1. The number of hydrogen-bond donors (Lipinski definition) is 1. The predicted molar refractivity (Wildman–Crippen MR) is 137 cm³/mol. The summed E-state index contributed by atoms with van der Waals surface area (Å²) in [6.45, 7) is 0.477. The summed E-state index contributed by atoms with van der Waals surface area (Å²) in [7, 11) is -0.539. The maximum absolute atomic E-state index is 13.2. The molecule has 1 atom stereocenters. The lowest BCUT2D eigenvalue weighted by Crippen LogP contribution is -2.50. The molecule has 1 N–H and O–H groups in total. The van der Waals surface area contributed by atoms with Crippen LogP contribution in [0.1, 0.15) is 17.5 Å². The summed E-state index contributed by atoms with van der Waals surface area (Å²) in [4.78, 5) is 27.9. The van der Waals surface area contributed by atoms with Gasteiger partial charge in [-0.1, -0.05) is 54.6 Å². The van der Waals surface area contributed by atoms with E-state index in [9.17, 15) is 18.0 Å². The zero-order valence-electron chi connectivity index (χ0n) is 20.3. The van der Waals surface area contributed by atoms with Crippen LogP contribution >= 0.6 is 0 Å². The second kappa shape index (κ2) is 10.9. The number of carbonyl (C=O) groups is 2. The van der Waals surface area contributed by atoms with E-state index in [0.29, 0.717) is 24.4 Å². The number of fused-ring (bicyclic) bond motifs is 1. The number of sulfonamides is 1. The normalized spacial score (nSPS) is 15.2. The summed E-state index contributed by atoms with van der Waals surface area (Å²) in [5.41, 5.74) is 2.45. The molecule has 1 heterocycles. The molecule has 0 radical (unpaired) electrons. The summed E-state index contributed by atoms with van der Waals surface area (Å²) in [5, 5.41) is 2.89. The summed E-state index contributed by atoms with van der Waals surface area (Å²) >= 11 is 0. The van der Waals surface area contributed by atoms with Crippen molar-refractivity contribution in [3.8, 4) is 5.75 Å². The molecule has 0 spiro atoms. The van der Waals surface area contributed by atoms with Crippen molar-refractivity contribution in [2.45, 2.75) is 30.4 Å². The van der Waals surface area contributed by atoms with Gasteiger partial charge in [-0.15, -0.1) is 0 Å². The molecule has 8 nitrogen and oxygen atoms in total. The van der Waals surface area contributed by atoms with Crippen LogP contribution < -0.4 is 15.0 Å².